The third-order valence-electron chi connectivity index (χ3n) is 4.38. The molecule has 0 N–H and O–H groups in total. The zero-order valence-corrected chi connectivity index (χ0v) is 15.4. The maximum atomic E-state index is 2.48. The maximum absolute atomic E-state index is 2.48. The molecule has 2 heteroatoms. The molecule has 19 heavy (non-hydrogen) atoms. The van der Waals surface area contributed by atoms with E-state index >= 15 is 0 Å². The van der Waals surface area contributed by atoms with Crippen LogP contribution in [0.3, 0.4) is 0 Å². The van der Waals surface area contributed by atoms with Gasteiger partial charge in [0.2, 0.25) is 0 Å². The van der Waals surface area contributed by atoms with Crippen LogP contribution >= 0.6 is 15.2 Å². The van der Waals surface area contributed by atoms with Crippen molar-refractivity contribution < 1.29 is 0 Å². The van der Waals surface area contributed by atoms with E-state index in [2.05, 4.69) is 65.0 Å². The quantitative estimate of drug-likeness (QED) is 0.399. The van der Waals surface area contributed by atoms with E-state index in [0.717, 1.165) is 11.3 Å². The van der Waals surface area contributed by atoms with Crippen LogP contribution in [0.1, 0.15) is 53.0 Å². The van der Waals surface area contributed by atoms with E-state index in [1.807, 2.05) is 0 Å². The molecule has 0 aliphatic carbocycles. The zero-order valence-electron chi connectivity index (χ0n) is 13.4. The van der Waals surface area contributed by atoms with E-state index in [1.165, 1.54) is 33.4 Å². The second kappa shape index (κ2) is 8.39. The Morgan fingerprint density at radius 2 is 1.58 bits per heavy atom. The Bertz CT molecular complexity index is 336. The van der Waals surface area contributed by atoms with Crippen molar-refractivity contribution in [3.8, 4) is 0 Å². The van der Waals surface area contributed by atoms with Gasteiger partial charge in [-0.15, -0.1) is 0 Å². The Hall–Kier alpha value is 0.0800. The number of rotatable bonds is 8. The Labute approximate surface area is 122 Å². The summed E-state index contributed by atoms with van der Waals surface area (Å²) in [6.45, 7) is 11.0. The van der Waals surface area contributed by atoms with Crippen LogP contribution in [0.5, 0.6) is 0 Å². The van der Waals surface area contributed by atoms with E-state index in [0.29, 0.717) is 0 Å². The van der Waals surface area contributed by atoms with Gasteiger partial charge >= 0.3 is 122 Å². The Balaban J connectivity index is 2.89. The van der Waals surface area contributed by atoms with Gasteiger partial charge in [0, 0.05) is 0 Å². The zero-order chi connectivity index (χ0) is 14.3. The number of hydrogen-bond donors (Lipinski definition) is 0. The van der Waals surface area contributed by atoms with E-state index in [1.54, 1.807) is 5.56 Å². The van der Waals surface area contributed by atoms with E-state index < -0.39 is 6.95 Å². The predicted molar refractivity (Wildman–Crippen MR) is 96.8 cm³/mol. The van der Waals surface area contributed by atoms with Crippen molar-refractivity contribution in [2.45, 2.75) is 64.9 Å². The second-order valence-corrected chi connectivity index (χ2v) is 15.7. The normalized spacial score (nSPS) is 13.8. The molecule has 0 radical (unpaired) electrons. The molecule has 0 fully saturated rings. The summed E-state index contributed by atoms with van der Waals surface area (Å²) in [6.07, 6.45) is 5.61. The monoisotopic (exact) mass is 298 g/mol. The van der Waals surface area contributed by atoms with Crippen molar-refractivity contribution in [3.05, 3.63) is 35.9 Å². The average Bonchev–Trinajstić information content (AvgIpc) is 2.38. The SMILES string of the molecule is CCCCP[PH](Cc1ccccc1)(C(C)C)C(C)C. The van der Waals surface area contributed by atoms with E-state index in [-0.39, 0.29) is 0 Å². The Kier molecular flexibility index (Phi) is 7.56. The Morgan fingerprint density at radius 3 is 2.05 bits per heavy atom. The van der Waals surface area contributed by atoms with Crippen LogP contribution in [-0.2, 0) is 6.16 Å². The fourth-order valence-corrected chi connectivity index (χ4v) is 13.3. The fourth-order valence-electron chi connectivity index (χ4n) is 2.98. The minimum atomic E-state index is -1.20. The van der Waals surface area contributed by atoms with Gasteiger partial charge in [-0.25, -0.2) is 0 Å². The minimum absolute atomic E-state index is 0.892. The van der Waals surface area contributed by atoms with Crippen LogP contribution in [0.15, 0.2) is 30.3 Å². The van der Waals surface area contributed by atoms with E-state index in [9.17, 15) is 0 Å². The number of hydrogen-bond acceptors (Lipinski definition) is 0. The number of benzene rings is 1. The van der Waals surface area contributed by atoms with Gasteiger partial charge < -0.3 is 0 Å². The summed E-state index contributed by atoms with van der Waals surface area (Å²) in [5.74, 6) is 0. The van der Waals surface area contributed by atoms with Crippen LogP contribution in [0, 0.1) is 0 Å². The molecule has 0 spiro atoms. The van der Waals surface area contributed by atoms with Crippen molar-refractivity contribution in [2.75, 3.05) is 6.16 Å². The van der Waals surface area contributed by atoms with E-state index in [4.69, 9.17) is 0 Å². The summed E-state index contributed by atoms with van der Waals surface area (Å²) < 4.78 is 0. The van der Waals surface area contributed by atoms with Crippen LogP contribution in [-0.4, -0.2) is 17.5 Å². The van der Waals surface area contributed by atoms with Crippen molar-refractivity contribution in [3.63, 3.8) is 0 Å². The molecule has 1 unspecified atom stereocenters. The predicted octanol–water partition coefficient (Wildman–Crippen LogP) is 6.15. The molecule has 0 heterocycles. The molecule has 0 nitrogen and oxygen atoms in total. The Morgan fingerprint density at radius 1 is 1.00 bits per heavy atom. The first-order valence-electron chi connectivity index (χ1n) is 7.82. The summed E-state index contributed by atoms with van der Waals surface area (Å²) in [5, 5.41) is 0. The van der Waals surface area contributed by atoms with Crippen LogP contribution in [0.25, 0.3) is 0 Å². The number of unbranched alkanes of at least 4 members (excludes halogenated alkanes) is 1. The molecule has 0 saturated heterocycles. The molecular formula is C17H32P2. The first-order valence-corrected chi connectivity index (χ1v) is 12.4. The molecule has 0 aliphatic rings. The molecule has 0 bridgehead atoms. The summed E-state index contributed by atoms with van der Waals surface area (Å²) in [5.41, 5.74) is 3.35. The van der Waals surface area contributed by atoms with Crippen molar-refractivity contribution >= 4 is 15.2 Å². The molecule has 1 aromatic rings. The van der Waals surface area contributed by atoms with Gasteiger partial charge in [-0.1, -0.05) is 0 Å². The molecule has 1 rings (SSSR count). The van der Waals surface area contributed by atoms with Gasteiger partial charge in [0.15, 0.2) is 0 Å². The van der Waals surface area contributed by atoms with Gasteiger partial charge in [0.1, 0.15) is 0 Å². The van der Waals surface area contributed by atoms with Crippen molar-refractivity contribution in [1.82, 2.24) is 0 Å². The average molecular weight is 298 g/mol. The standard InChI is InChI=1S/C17H32P2/c1-6-7-13-18-19(15(2)3,16(4)5)14-17-11-9-8-10-12-17/h8-12,15-16,18-19H,6-7,13-14H2,1-5H3. The van der Waals surface area contributed by atoms with Crippen molar-refractivity contribution in [2.24, 2.45) is 0 Å². The summed E-state index contributed by atoms with van der Waals surface area (Å²) >= 11 is 0. The fraction of sp³-hybridized carbons (Fsp3) is 0.647. The molecule has 1 atom stereocenters. The van der Waals surface area contributed by atoms with Gasteiger partial charge in [-0.05, 0) is 0 Å². The second-order valence-electron chi connectivity index (χ2n) is 6.29. The molecule has 1 aromatic carbocycles. The first kappa shape index (κ1) is 17.1. The molecule has 0 saturated carbocycles. The molecular weight excluding hydrogens is 266 g/mol. The summed E-state index contributed by atoms with van der Waals surface area (Å²) in [7, 11) is 1.23. The molecule has 0 aliphatic heterocycles. The van der Waals surface area contributed by atoms with Crippen LogP contribution < -0.4 is 0 Å². The van der Waals surface area contributed by atoms with Gasteiger partial charge in [-0.3, -0.25) is 0 Å². The topological polar surface area (TPSA) is 0 Å². The molecule has 0 amide bonds. The van der Waals surface area contributed by atoms with Gasteiger partial charge in [0.05, 0.1) is 0 Å². The first-order chi connectivity index (χ1) is 9.03. The third kappa shape index (κ3) is 4.84. The van der Waals surface area contributed by atoms with Crippen molar-refractivity contribution in [1.29, 1.82) is 0 Å². The van der Waals surface area contributed by atoms with Gasteiger partial charge in [-0.2, -0.15) is 0 Å². The van der Waals surface area contributed by atoms with Gasteiger partial charge in [0.25, 0.3) is 0 Å². The summed E-state index contributed by atoms with van der Waals surface area (Å²) in [6, 6.07) is 11.2. The van der Waals surface area contributed by atoms with Crippen LogP contribution in [0.2, 0.25) is 0 Å². The van der Waals surface area contributed by atoms with Crippen LogP contribution in [0.4, 0.5) is 0 Å². The summed E-state index contributed by atoms with van der Waals surface area (Å²) in [4.78, 5) is 0. The molecule has 110 valence electrons. The third-order valence-corrected chi connectivity index (χ3v) is 17.5. The molecule has 0 aromatic heterocycles.